The summed E-state index contributed by atoms with van der Waals surface area (Å²) in [5, 5.41) is 7.18. The van der Waals surface area contributed by atoms with Crippen LogP contribution in [-0.2, 0) is 24.5 Å². The van der Waals surface area contributed by atoms with E-state index in [1.54, 1.807) is 12.1 Å². The van der Waals surface area contributed by atoms with Crippen molar-refractivity contribution in [1.82, 2.24) is 20.4 Å². The normalized spacial score (nSPS) is 15.8. The van der Waals surface area contributed by atoms with Crippen LogP contribution in [0.1, 0.15) is 29.9 Å². The summed E-state index contributed by atoms with van der Waals surface area (Å²) in [6.07, 6.45) is 1.79. The summed E-state index contributed by atoms with van der Waals surface area (Å²) in [4.78, 5) is 19.6. The molecule has 2 heterocycles. The first-order valence-electron chi connectivity index (χ1n) is 12.6. The van der Waals surface area contributed by atoms with Gasteiger partial charge in [0.15, 0.2) is 0 Å². The summed E-state index contributed by atoms with van der Waals surface area (Å²) in [7, 11) is 0. The lowest BCUT2D eigenvalue weighted by Crippen LogP contribution is -2.42. The molecule has 5 rings (SSSR count). The molecule has 1 fully saturated rings. The number of nitrogens with zero attached hydrogens (tertiary/aromatic N) is 3. The molecule has 1 unspecified atom stereocenters. The summed E-state index contributed by atoms with van der Waals surface area (Å²) >= 11 is 3.47. The molecule has 1 aromatic heterocycles. The molecule has 0 saturated carbocycles. The number of nitrogens with one attached hydrogen (secondary N) is 1. The summed E-state index contributed by atoms with van der Waals surface area (Å²) in [6, 6.07) is 21.6. The maximum Gasteiger partial charge on any atom is 0.241 e. The highest BCUT2D eigenvalue weighted by atomic mass is 79.9. The maximum atomic E-state index is 13.0. The maximum absolute atomic E-state index is 13.0. The van der Waals surface area contributed by atoms with Crippen LogP contribution in [0.4, 0.5) is 4.39 Å². The number of carbonyl (C=O) groups is 1. The van der Waals surface area contributed by atoms with Crippen LogP contribution in [0.3, 0.4) is 0 Å². The standard InChI is InChI=1S/C29H28BrFN4O3/c30-24-5-1-3-22(15-24)28-33-27(38-34-28)18-35-14-2-4-23(17-35)29(36)32-16-20-8-12-26(13-9-20)37-19-21-6-10-25(31)11-7-21/h1,3,5-13,15,23H,2,4,14,16-19H2,(H,32,36). The fourth-order valence-electron chi connectivity index (χ4n) is 4.45. The molecule has 3 aromatic carbocycles. The number of amides is 1. The Labute approximate surface area is 229 Å². The topological polar surface area (TPSA) is 80.5 Å². The highest BCUT2D eigenvalue weighted by Crippen LogP contribution is 2.23. The second-order valence-corrected chi connectivity index (χ2v) is 10.3. The SMILES string of the molecule is O=C(NCc1ccc(OCc2ccc(F)cc2)cc1)C1CCCN(Cc2nc(-c3cccc(Br)c3)no2)C1. The molecule has 1 amide bonds. The van der Waals surface area contributed by atoms with E-state index in [-0.39, 0.29) is 17.6 Å². The van der Waals surface area contributed by atoms with Crippen molar-refractivity contribution in [3.63, 3.8) is 0 Å². The van der Waals surface area contributed by atoms with Gasteiger partial charge in [-0.05, 0) is 66.9 Å². The number of benzene rings is 3. The molecule has 0 spiro atoms. The zero-order chi connectivity index (χ0) is 26.3. The third kappa shape index (κ3) is 7.05. The van der Waals surface area contributed by atoms with Crippen molar-refractivity contribution in [3.8, 4) is 17.1 Å². The second kappa shape index (κ2) is 12.3. The quantitative estimate of drug-likeness (QED) is 0.272. The lowest BCUT2D eigenvalue weighted by atomic mass is 9.97. The Morgan fingerprint density at radius 1 is 1.11 bits per heavy atom. The van der Waals surface area contributed by atoms with Crippen LogP contribution in [0, 0.1) is 11.7 Å². The Morgan fingerprint density at radius 3 is 2.68 bits per heavy atom. The van der Waals surface area contributed by atoms with Crippen LogP contribution >= 0.6 is 15.9 Å². The summed E-state index contributed by atoms with van der Waals surface area (Å²) < 4.78 is 25.2. The smallest absolute Gasteiger partial charge is 0.241 e. The van der Waals surface area contributed by atoms with Crippen LogP contribution in [0.15, 0.2) is 81.8 Å². The van der Waals surface area contributed by atoms with E-state index in [9.17, 15) is 9.18 Å². The molecule has 38 heavy (non-hydrogen) atoms. The molecule has 0 bridgehead atoms. The fourth-order valence-corrected chi connectivity index (χ4v) is 4.85. The van der Waals surface area contributed by atoms with Gasteiger partial charge in [0.05, 0.1) is 12.5 Å². The number of ether oxygens (including phenoxy) is 1. The molecule has 1 aliphatic heterocycles. The van der Waals surface area contributed by atoms with Gasteiger partial charge in [-0.2, -0.15) is 4.98 Å². The van der Waals surface area contributed by atoms with E-state index in [4.69, 9.17) is 9.26 Å². The van der Waals surface area contributed by atoms with Gasteiger partial charge in [0.1, 0.15) is 18.2 Å². The Kier molecular flexibility index (Phi) is 8.45. The van der Waals surface area contributed by atoms with E-state index in [0.717, 1.165) is 46.3 Å². The van der Waals surface area contributed by atoms with Gasteiger partial charge in [-0.15, -0.1) is 0 Å². The third-order valence-electron chi connectivity index (χ3n) is 6.49. The predicted molar refractivity (Wildman–Crippen MR) is 144 cm³/mol. The molecule has 1 aliphatic rings. The van der Waals surface area contributed by atoms with Crippen molar-refractivity contribution >= 4 is 21.8 Å². The summed E-state index contributed by atoms with van der Waals surface area (Å²) in [5.41, 5.74) is 2.78. The molecule has 1 atom stereocenters. The van der Waals surface area contributed by atoms with Gasteiger partial charge in [-0.3, -0.25) is 9.69 Å². The molecule has 1 saturated heterocycles. The minimum absolute atomic E-state index is 0.0479. The molecule has 1 N–H and O–H groups in total. The van der Waals surface area contributed by atoms with Gasteiger partial charge in [0, 0.05) is 23.1 Å². The van der Waals surface area contributed by atoms with E-state index in [1.807, 2.05) is 48.5 Å². The summed E-state index contributed by atoms with van der Waals surface area (Å²) in [5.74, 6) is 1.51. The molecular formula is C29H28BrFN4O3. The summed E-state index contributed by atoms with van der Waals surface area (Å²) in [6.45, 7) is 2.87. The van der Waals surface area contributed by atoms with Crippen molar-refractivity contribution in [2.45, 2.75) is 32.5 Å². The lowest BCUT2D eigenvalue weighted by molar-refractivity contribution is -0.127. The van der Waals surface area contributed by atoms with Crippen LogP contribution in [0.2, 0.25) is 0 Å². The zero-order valence-corrected chi connectivity index (χ0v) is 22.4. The van der Waals surface area contributed by atoms with Crippen molar-refractivity contribution in [2.24, 2.45) is 5.92 Å². The van der Waals surface area contributed by atoms with Crippen LogP contribution in [0.5, 0.6) is 5.75 Å². The van der Waals surface area contributed by atoms with E-state index < -0.39 is 0 Å². The van der Waals surface area contributed by atoms with Crippen molar-refractivity contribution < 1.29 is 18.4 Å². The minimum Gasteiger partial charge on any atom is -0.489 e. The average molecular weight is 579 g/mol. The Bertz CT molecular complexity index is 1360. The van der Waals surface area contributed by atoms with Crippen LogP contribution < -0.4 is 10.1 Å². The van der Waals surface area contributed by atoms with Gasteiger partial charge >= 0.3 is 0 Å². The molecule has 196 valence electrons. The van der Waals surface area contributed by atoms with Gasteiger partial charge in [-0.1, -0.05) is 57.5 Å². The molecule has 7 nitrogen and oxygen atoms in total. The fraction of sp³-hybridized carbons (Fsp3) is 0.276. The van der Waals surface area contributed by atoms with E-state index in [2.05, 4.69) is 36.3 Å². The largest absolute Gasteiger partial charge is 0.489 e. The number of halogens is 2. The number of likely N-dealkylation sites (tertiary alicyclic amines) is 1. The van der Waals surface area contributed by atoms with Crippen molar-refractivity contribution in [2.75, 3.05) is 13.1 Å². The highest BCUT2D eigenvalue weighted by molar-refractivity contribution is 9.10. The van der Waals surface area contributed by atoms with Gasteiger partial charge in [0.2, 0.25) is 17.6 Å². The van der Waals surface area contributed by atoms with E-state index in [1.165, 1.54) is 12.1 Å². The van der Waals surface area contributed by atoms with E-state index in [0.29, 0.717) is 38.0 Å². The molecular weight excluding hydrogens is 551 g/mol. The minimum atomic E-state index is -0.265. The monoisotopic (exact) mass is 578 g/mol. The van der Waals surface area contributed by atoms with Crippen LogP contribution in [-0.4, -0.2) is 34.0 Å². The third-order valence-corrected chi connectivity index (χ3v) is 6.99. The average Bonchev–Trinajstić information content (AvgIpc) is 3.41. The molecule has 9 heteroatoms. The zero-order valence-electron chi connectivity index (χ0n) is 20.8. The lowest BCUT2D eigenvalue weighted by Gasteiger charge is -2.30. The molecule has 4 aromatic rings. The number of rotatable bonds is 9. The van der Waals surface area contributed by atoms with Crippen LogP contribution in [0.25, 0.3) is 11.4 Å². The number of carbonyl (C=O) groups excluding carboxylic acids is 1. The number of piperidine rings is 1. The Balaban J connectivity index is 1.08. The molecule has 0 radical (unpaired) electrons. The number of aromatic nitrogens is 2. The van der Waals surface area contributed by atoms with Gasteiger partial charge < -0.3 is 14.6 Å². The predicted octanol–water partition coefficient (Wildman–Crippen LogP) is 5.75. The first kappa shape index (κ1) is 26.1. The highest BCUT2D eigenvalue weighted by Gasteiger charge is 2.27. The number of hydrogen-bond donors (Lipinski definition) is 1. The Morgan fingerprint density at radius 2 is 1.89 bits per heavy atom. The van der Waals surface area contributed by atoms with Gasteiger partial charge in [0.25, 0.3) is 0 Å². The number of hydrogen-bond acceptors (Lipinski definition) is 6. The van der Waals surface area contributed by atoms with Crippen molar-refractivity contribution in [1.29, 1.82) is 0 Å². The first-order valence-corrected chi connectivity index (χ1v) is 13.4. The first-order chi connectivity index (χ1) is 18.5. The van der Waals surface area contributed by atoms with E-state index >= 15 is 0 Å². The van der Waals surface area contributed by atoms with Gasteiger partial charge in [-0.25, -0.2) is 4.39 Å². The Hall–Kier alpha value is -3.56. The second-order valence-electron chi connectivity index (χ2n) is 9.37. The molecule has 0 aliphatic carbocycles. The van der Waals surface area contributed by atoms with Crippen molar-refractivity contribution in [3.05, 3.63) is 100 Å².